The van der Waals surface area contributed by atoms with Crippen LogP contribution in [0.4, 0.5) is 0 Å². The topological polar surface area (TPSA) is 70.7 Å². The summed E-state index contributed by atoms with van der Waals surface area (Å²) in [7, 11) is 0. The minimum atomic E-state index is -0.134. The first-order chi connectivity index (χ1) is 10.3. The van der Waals surface area contributed by atoms with Gasteiger partial charge in [-0.1, -0.05) is 30.3 Å². The molecule has 1 aromatic carbocycles. The average Bonchev–Trinajstić information content (AvgIpc) is 3.08. The van der Waals surface area contributed by atoms with Crippen molar-refractivity contribution in [3.8, 4) is 11.3 Å². The molecule has 0 radical (unpaired) electrons. The molecule has 5 nitrogen and oxygen atoms in total. The predicted octanol–water partition coefficient (Wildman–Crippen LogP) is 2.40. The summed E-state index contributed by atoms with van der Waals surface area (Å²) in [5.41, 5.74) is 3.28. The Balaban J connectivity index is 1.65. The van der Waals surface area contributed by atoms with Crippen molar-refractivity contribution in [2.24, 2.45) is 0 Å². The summed E-state index contributed by atoms with van der Waals surface area (Å²) in [5.74, 6) is -0.134. The zero-order chi connectivity index (χ0) is 14.5. The van der Waals surface area contributed by atoms with Crippen molar-refractivity contribution in [1.82, 2.24) is 20.5 Å². The number of carbonyl (C=O) groups is 1. The van der Waals surface area contributed by atoms with E-state index in [1.165, 1.54) is 0 Å². The lowest BCUT2D eigenvalue weighted by atomic mass is 10.2. The fraction of sp³-hybridized carbons (Fsp3) is 0.0625. The maximum atomic E-state index is 12.0. The zero-order valence-corrected chi connectivity index (χ0v) is 11.3. The van der Waals surface area contributed by atoms with Crippen LogP contribution >= 0.6 is 0 Å². The van der Waals surface area contributed by atoms with Crippen molar-refractivity contribution in [1.29, 1.82) is 0 Å². The number of pyridine rings is 1. The van der Waals surface area contributed by atoms with Gasteiger partial charge in [0.25, 0.3) is 5.91 Å². The van der Waals surface area contributed by atoms with Gasteiger partial charge in [-0.3, -0.25) is 14.9 Å². The Morgan fingerprint density at radius 2 is 1.95 bits per heavy atom. The van der Waals surface area contributed by atoms with E-state index in [-0.39, 0.29) is 5.91 Å². The van der Waals surface area contributed by atoms with Crippen molar-refractivity contribution in [2.45, 2.75) is 6.54 Å². The number of aromatic amines is 1. The molecule has 2 heterocycles. The number of benzene rings is 1. The second-order valence-electron chi connectivity index (χ2n) is 4.59. The molecule has 104 valence electrons. The molecule has 0 fully saturated rings. The quantitative estimate of drug-likeness (QED) is 0.770. The van der Waals surface area contributed by atoms with E-state index in [0.717, 1.165) is 16.8 Å². The fourth-order valence-corrected chi connectivity index (χ4v) is 1.97. The number of nitrogens with zero attached hydrogens (tertiary/aromatic N) is 2. The molecular formula is C16H14N4O. The third-order valence-corrected chi connectivity index (χ3v) is 3.12. The molecule has 0 saturated carbocycles. The molecule has 1 amide bonds. The third-order valence-electron chi connectivity index (χ3n) is 3.12. The fourth-order valence-electron chi connectivity index (χ4n) is 1.97. The van der Waals surface area contributed by atoms with Gasteiger partial charge in [0.05, 0.1) is 17.5 Å². The van der Waals surface area contributed by atoms with Gasteiger partial charge >= 0.3 is 0 Å². The molecule has 0 saturated heterocycles. The van der Waals surface area contributed by atoms with Crippen LogP contribution in [-0.4, -0.2) is 21.1 Å². The second-order valence-corrected chi connectivity index (χ2v) is 4.59. The van der Waals surface area contributed by atoms with Crippen LogP contribution in [0.25, 0.3) is 11.3 Å². The molecule has 0 bridgehead atoms. The van der Waals surface area contributed by atoms with E-state index in [2.05, 4.69) is 20.5 Å². The second kappa shape index (κ2) is 6.00. The first-order valence-electron chi connectivity index (χ1n) is 6.60. The highest BCUT2D eigenvalue weighted by Crippen LogP contribution is 2.14. The Morgan fingerprint density at radius 1 is 1.10 bits per heavy atom. The number of hydrogen-bond acceptors (Lipinski definition) is 3. The van der Waals surface area contributed by atoms with Crippen LogP contribution in [0.15, 0.2) is 61.1 Å². The molecular weight excluding hydrogens is 264 g/mol. The van der Waals surface area contributed by atoms with Crippen LogP contribution in [-0.2, 0) is 6.54 Å². The summed E-state index contributed by atoms with van der Waals surface area (Å²) in [6.07, 6.45) is 5.03. The number of rotatable bonds is 4. The molecule has 3 rings (SSSR count). The number of aromatic nitrogens is 3. The first kappa shape index (κ1) is 13.1. The molecule has 0 aliphatic rings. The minimum absolute atomic E-state index is 0.134. The summed E-state index contributed by atoms with van der Waals surface area (Å²) >= 11 is 0. The Labute approximate surface area is 122 Å². The molecule has 0 aliphatic heterocycles. The van der Waals surface area contributed by atoms with Crippen LogP contribution in [0.3, 0.4) is 0 Å². The Kier molecular flexibility index (Phi) is 3.73. The Hall–Kier alpha value is -2.95. The maximum Gasteiger partial charge on any atom is 0.253 e. The Morgan fingerprint density at radius 3 is 2.62 bits per heavy atom. The smallest absolute Gasteiger partial charge is 0.253 e. The van der Waals surface area contributed by atoms with Crippen LogP contribution in [0.2, 0.25) is 0 Å². The van der Waals surface area contributed by atoms with E-state index >= 15 is 0 Å². The van der Waals surface area contributed by atoms with Crippen molar-refractivity contribution in [2.75, 3.05) is 0 Å². The van der Waals surface area contributed by atoms with Crippen LogP contribution in [0.5, 0.6) is 0 Å². The van der Waals surface area contributed by atoms with Gasteiger partial charge in [-0.05, 0) is 17.7 Å². The predicted molar refractivity (Wildman–Crippen MR) is 79.4 cm³/mol. The normalized spacial score (nSPS) is 10.3. The average molecular weight is 278 g/mol. The van der Waals surface area contributed by atoms with Gasteiger partial charge in [0.15, 0.2) is 0 Å². The van der Waals surface area contributed by atoms with E-state index in [9.17, 15) is 4.79 Å². The highest BCUT2D eigenvalue weighted by atomic mass is 16.1. The third kappa shape index (κ3) is 3.14. The van der Waals surface area contributed by atoms with Crippen LogP contribution < -0.4 is 5.32 Å². The summed E-state index contributed by atoms with van der Waals surface area (Å²) in [6.45, 7) is 0.503. The van der Waals surface area contributed by atoms with Crippen molar-refractivity contribution in [3.05, 3.63) is 72.2 Å². The van der Waals surface area contributed by atoms with Crippen molar-refractivity contribution >= 4 is 5.91 Å². The largest absolute Gasteiger partial charge is 0.348 e. The van der Waals surface area contributed by atoms with E-state index < -0.39 is 0 Å². The van der Waals surface area contributed by atoms with Crippen molar-refractivity contribution in [3.63, 3.8) is 0 Å². The standard InChI is InChI=1S/C16H14N4O/c21-16(18-8-12-4-2-1-3-5-12)13-6-7-15(17-9-13)14-10-19-20-11-14/h1-7,9-11H,8H2,(H,18,21)(H,19,20). The van der Waals surface area contributed by atoms with E-state index in [0.29, 0.717) is 12.1 Å². The number of amides is 1. The molecule has 0 spiro atoms. The van der Waals surface area contributed by atoms with E-state index in [1.807, 2.05) is 36.4 Å². The molecule has 2 aromatic heterocycles. The van der Waals surface area contributed by atoms with Gasteiger partial charge in [0.1, 0.15) is 0 Å². The molecule has 0 atom stereocenters. The molecule has 0 aliphatic carbocycles. The summed E-state index contributed by atoms with van der Waals surface area (Å²) in [4.78, 5) is 16.3. The van der Waals surface area contributed by atoms with Gasteiger partial charge in [-0.2, -0.15) is 5.10 Å². The maximum absolute atomic E-state index is 12.0. The highest BCUT2D eigenvalue weighted by Gasteiger charge is 2.07. The van der Waals surface area contributed by atoms with Crippen molar-refractivity contribution < 1.29 is 4.79 Å². The van der Waals surface area contributed by atoms with Crippen LogP contribution in [0, 0.1) is 0 Å². The summed E-state index contributed by atoms with van der Waals surface area (Å²) in [5, 5.41) is 9.48. The highest BCUT2D eigenvalue weighted by molar-refractivity contribution is 5.94. The molecule has 3 aromatic rings. The van der Waals surface area contributed by atoms with E-state index in [1.54, 1.807) is 24.7 Å². The lowest BCUT2D eigenvalue weighted by Gasteiger charge is -2.05. The molecule has 5 heteroatoms. The van der Waals surface area contributed by atoms with Gasteiger partial charge in [-0.25, -0.2) is 0 Å². The Bertz CT molecular complexity index is 706. The summed E-state index contributed by atoms with van der Waals surface area (Å²) < 4.78 is 0. The monoisotopic (exact) mass is 278 g/mol. The van der Waals surface area contributed by atoms with Crippen LogP contribution in [0.1, 0.15) is 15.9 Å². The minimum Gasteiger partial charge on any atom is -0.348 e. The number of nitrogens with one attached hydrogen (secondary N) is 2. The lowest BCUT2D eigenvalue weighted by Crippen LogP contribution is -2.22. The molecule has 21 heavy (non-hydrogen) atoms. The lowest BCUT2D eigenvalue weighted by molar-refractivity contribution is 0.0950. The zero-order valence-electron chi connectivity index (χ0n) is 11.3. The van der Waals surface area contributed by atoms with Gasteiger partial charge < -0.3 is 5.32 Å². The molecule has 0 unspecified atom stereocenters. The van der Waals surface area contributed by atoms with Gasteiger partial charge in [0, 0.05) is 24.5 Å². The van der Waals surface area contributed by atoms with E-state index in [4.69, 9.17) is 0 Å². The first-order valence-corrected chi connectivity index (χ1v) is 6.60. The molecule has 2 N–H and O–H groups in total. The van der Waals surface area contributed by atoms with Gasteiger partial charge in [-0.15, -0.1) is 0 Å². The van der Waals surface area contributed by atoms with Gasteiger partial charge in [0.2, 0.25) is 0 Å². The SMILES string of the molecule is O=C(NCc1ccccc1)c1ccc(-c2cn[nH]c2)nc1. The number of carbonyl (C=O) groups excluding carboxylic acids is 1. The summed E-state index contributed by atoms with van der Waals surface area (Å²) in [6, 6.07) is 13.4. The number of hydrogen-bond donors (Lipinski definition) is 2. The number of H-pyrrole nitrogens is 1.